The van der Waals surface area contributed by atoms with Crippen LogP contribution in [0.4, 0.5) is 4.79 Å². The van der Waals surface area contributed by atoms with Gasteiger partial charge in [0.25, 0.3) is 0 Å². The summed E-state index contributed by atoms with van der Waals surface area (Å²) in [6, 6.07) is -0.833. The van der Waals surface area contributed by atoms with Gasteiger partial charge in [-0.05, 0) is 0 Å². The van der Waals surface area contributed by atoms with E-state index in [-0.39, 0.29) is 7.43 Å². The largest absolute Gasteiger partial charge is 0.352 e. The zero-order valence-corrected chi connectivity index (χ0v) is 2.06. The van der Waals surface area contributed by atoms with Crippen LogP contribution in [0.25, 0.3) is 0 Å². The lowest BCUT2D eigenvalue weighted by Gasteiger charge is -1.62. The Balaban J connectivity index is 0. The highest BCUT2D eigenvalue weighted by atomic mass is 16.2. The molecule has 0 spiro atoms. The molecule has 3 nitrogen and oxygen atoms in total. The summed E-state index contributed by atoms with van der Waals surface area (Å²) in [5.41, 5.74) is 8.50. The monoisotopic (exact) mass is 78.1 g/mol. The van der Waals surface area contributed by atoms with Gasteiger partial charge >= 0.3 is 6.03 Å². The van der Waals surface area contributed by atoms with Gasteiger partial charge in [-0.25, -0.2) is 4.79 Å². The highest BCUT2D eigenvalue weighted by molar-refractivity contribution is 5.69. The van der Waals surface area contributed by atoms with Crippen molar-refractivity contribution in [2.75, 3.05) is 0 Å². The minimum atomic E-state index is -0.833. The second-order valence-corrected chi connectivity index (χ2v) is 0.402. The summed E-state index contributed by atoms with van der Waals surface area (Å²) in [4.78, 5) is 9.00. The molecule has 0 fully saturated rings. The van der Waals surface area contributed by atoms with Gasteiger partial charge in [0.2, 0.25) is 0 Å². The third kappa shape index (κ3) is 9.90. The van der Waals surface area contributed by atoms with Gasteiger partial charge in [-0.1, -0.05) is 7.43 Å². The molecular formula is C2H8N2O. The molecule has 0 aromatic rings. The van der Waals surface area contributed by atoms with Gasteiger partial charge in [-0.15, -0.1) is 0 Å². The normalized spacial score (nSPS) is 4.80. The molecule has 4 N–H and O–H groups in total. The van der Waals surface area contributed by atoms with Gasteiger partial charge in [-0.2, -0.15) is 0 Å². The fourth-order valence-electron chi connectivity index (χ4n) is 0. The summed E-state index contributed by atoms with van der Waals surface area (Å²) in [7, 11) is 0. The molecule has 0 aliphatic heterocycles. The topological polar surface area (TPSA) is 69.1 Å². The Morgan fingerprint density at radius 2 is 1.40 bits per heavy atom. The van der Waals surface area contributed by atoms with Gasteiger partial charge in [0.15, 0.2) is 0 Å². The molecular weight excluding hydrogens is 70.0 g/mol. The number of primary amides is 2. The second-order valence-electron chi connectivity index (χ2n) is 0.402. The molecule has 0 saturated carbocycles. The second kappa shape index (κ2) is 3.27. The molecule has 3 heteroatoms. The van der Waals surface area contributed by atoms with Crippen molar-refractivity contribution in [3.05, 3.63) is 0 Å². The molecule has 0 aliphatic rings. The van der Waals surface area contributed by atoms with E-state index >= 15 is 0 Å². The van der Waals surface area contributed by atoms with Crippen LogP contribution < -0.4 is 11.5 Å². The van der Waals surface area contributed by atoms with Crippen LogP contribution >= 0.6 is 0 Å². The molecule has 0 heterocycles. The van der Waals surface area contributed by atoms with Gasteiger partial charge in [-0.3, -0.25) is 0 Å². The van der Waals surface area contributed by atoms with E-state index in [2.05, 4.69) is 11.5 Å². The lowest BCUT2D eigenvalue weighted by atomic mass is 11.2. The summed E-state index contributed by atoms with van der Waals surface area (Å²) in [6.07, 6.45) is 0. The maximum absolute atomic E-state index is 9.00. The van der Waals surface area contributed by atoms with Crippen molar-refractivity contribution in [3.63, 3.8) is 0 Å². The Bertz CT molecular complexity index is 30.6. The zero-order valence-electron chi connectivity index (χ0n) is 2.06. The van der Waals surface area contributed by atoms with Crippen molar-refractivity contribution in [2.45, 2.75) is 7.43 Å². The summed E-state index contributed by atoms with van der Waals surface area (Å²) in [5.74, 6) is 0. The molecule has 0 bridgehead atoms. The van der Waals surface area contributed by atoms with E-state index in [0.717, 1.165) is 0 Å². The van der Waals surface area contributed by atoms with Crippen LogP contribution in [0.1, 0.15) is 7.43 Å². The average molecular weight is 78.1 g/mol. The first-order valence-electron chi connectivity index (χ1n) is 0.781. The number of rotatable bonds is 0. The Kier molecular flexibility index (Phi) is 5.79. The number of hydrogen-bond donors (Lipinski definition) is 2. The van der Waals surface area contributed by atoms with E-state index in [1.165, 1.54) is 0 Å². The SMILES string of the molecule is NC(N)=O.[14CH4]. The van der Waals surface area contributed by atoms with E-state index in [0.29, 0.717) is 0 Å². The van der Waals surface area contributed by atoms with Crippen LogP contribution in [0.2, 0.25) is 0 Å². The Morgan fingerprint density at radius 3 is 1.40 bits per heavy atom. The number of carbonyl (C=O) groups is 1. The minimum absolute atomic E-state index is 0. The van der Waals surface area contributed by atoms with E-state index in [1.54, 1.807) is 0 Å². The molecule has 0 aromatic heterocycles. The van der Waals surface area contributed by atoms with Crippen molar-refractivity contribution >= 4 is 6.03 Å². The molecule has 5 heavy (non-hydrogen) atoms. The Morgan fingerprint density at radius 1 is 1.40 bits per heavy atom. The first-order valence-corrected chi connectivity index (χ1v) is 0.781. The molecule has 0 radical (unpaired) electrons. The van der Waals surface area contributed by atoms with Crippen LogP contribution in [0, 0.1) is 0 Å². The predicted octanol–water partition coefficient (Wildman–Crippen LogP) is -0.340. The molecule has 0 aromatic carbocycles. The maximum atomic E-state index is 9.00. The van der Waals surface area contributed by atoms with Crippen molar-refractivity contribution in [2.24, 2.45) is 11.5 Å². The van der Waals surface area contributed by atoms with Gasteiger partial charge in [0.1, 0.15) is 0 Å². The Hall–Kier alpha value is -0.730. The molecule has 0 unspecified atom stereocenters. The summed E-state index contributed by atoms with van der Waals surface area (Å²) in [6.45, 7) is 0. The number of amides is 2. The van der Waals surface area contributed by atoms with Gasteiger partial charge < -0.3 is 11.5 Å². The van der Waals surface area contributed by atoms with Gasteiger partial charge in [0, 0.05) is 0 Å². The van der Waals surface area contributed by atoms with E-state index < -0.39 is 6.03 Å². The number of nitrogens with two attached hydrogens (primary N) is 2. The van der Waals surface area contributed by atoms with Crippen molar-refractivity contribution < 1.29 is 4.79 Å². The van der Waals surface area contributed by atoms with Crippen molar-refractivity contribution in [1.82, 2.24) is 0 Å². The lowest BCUT2D eigenvalue weighted by molar-refractivity contribution is 0.256. The summed E-state index contributed by atoms with van der Waals surface area (Å²) < 4.78 is 0. The standard InChI is InChI=1S/CH4N2O.CH4/c2-1(3)4;/h(H4,2,3,4);1H4/i;1+2. The fraction of sp³-hybridized carbons (Fsp3) is 0.500. The first-order chi connectivity index (χ1) is 1.73. The van der Waals surface area contributed by atoms with Crippen LogP contribution in [0.15, 0.2) is 0 Å². The molecule has 0 rings (SSSR count). The number of carbonyl (C=O) groups excluding carboxylic acids is 1. The van der Waals surface area contributed by atoms with Crippen LogP contribution in [0.3, 0.4) is 0 Å². The van der Waals surface area contributed by atoms with Crippen molar-refractivity contribution in [1.29, 1.82) is 0 Å². The fourth-order valence-corrected chi connectivity index (χ4v) is 0. The third-order valence-electron chi connectivity index (χ3n) is 0. The zero-order chi connectivity index (χ0) is 3.58. The maximum Gasteiger partial charge on any atom is 0.309 e. The summed E-state index contributed by atoms with van der Waals surface area (Å²) in [5, 5.41) is 0. The number of hydrogen-bond acceptors (Lipinski definition) is 1. The third-order valence-corrected chi connectivity index (χ3v) is 0. The quantitative estimate of drug-likeness (QED) is 0.409. The van der Waals surface area contributed by atoms with Crippen molar-refractivity contribution in [3.8, 4) is 0 Å². The molecule has 2 amide bonds. The first kappa shape index (κ1) is 8.86. The predicted molar refractivity (Wildman–Crippen MR) is 20.5 cm³/mol. The van der Waals surface area contributed by atoms with E-state index in [9.17, 15) is 0 Å². The van der Waals surface area contributed by atoms with Crippen LogP contribution in [0.5, 0.6) is 0 Å². The average Bonchev–Trinajstić information content (AvgIpc) is 0.811. The molecule has 0 atom stereocenters. The Labute approximate surface area is 31.0 Å². The minimum Gasteiger partial charge on any atom is -0.352 e. The van der Waals surface area contributed by atoms with E-state index in [1.807, 2.05) is 0 Å². The summed E-state index contributed by atoms with van der Waals surface area (Å²) >= 11 is 0. The molecule has 0 aliphatic carbocycles. The highest BCUT2D eigenvalue weighted by Crippen LogP contribution is 1.25. The lowest BCUT2D eigenvalue weighted by Crippen LogP contribution is -2.18. The van der Waals surface area contributed by atoms with E-state index in [4.69, 9.17) is 4.79 Å². The van der Waals surface area contributed by atoms with Gasteiger partial charge in [0.05, 0.1) is 0 Å². The molecule has 0 saturated heterocycles. The smallest absolute Gasteiger partial charge is 0.309 e. The number of urea groups is 1. The van der Waals surface area contributed by atoms with Crippen LogP contribution in [-0.2, 0) is 0 Å². The molecule has 32 valence electrons. The van der Waals surface area contributed by atoms with Crippen LogP contribution in [-0.4, -0.2) is 6.03 Å². The highest BCUT2D eigenvalue weighted by Gasteiger charge is 1.60.